The van der Waals surface area contributed by atoms with Gasteiger partial charge in [-0.05, 0) is 6.92 Å². The summed E-state index contributed by atoms with van der Waals surface area (Å²) in [4.78, 5) is 20.0. The van der Waals surface area contributed by atoms with Gasteiger partial charge in [0.2, 0.25) is 5.91 Å². The molecule has 0 aliphatic rings. The quantitative estimate of drug-likeness (QED) is 0.461. The Bertz CT molecular complexity index is 121. The Morgan fingerprint density at radius 2 is 2.11 bits per heavy atom. The highest BCUT2D eigenvalue weighted by molar-refractivity contribution is 5.92. The molecule has 9 heavy (non-hydrogen) atoms. The van der Waals surface area contributed by atoms with Gasteiger partial charge < -0.3 is 15.2 Å². The summed E-state index contributed by atoms with van der Waals surface area (Å²) in [6.07, 6.45) is -0.548. The monoisotopic (exact) mass is 130 g/mol. The van der Waals surface area contributed by atoms with Gasteiger partial charge >= 0.3 is 0 Å². The highest BCUT2D eigenvalue weighted by Crippen LogP contribution is 1.73. The summed E-state index contributed by atoms with van der Waals surface area (Å²) in [5, 5.41) is 12.0. The molecule has 0 fully saturated rings. The fourth-order valence-corrected chi connectivity index (χ4v) is 0.391. The Morgan fingerprint density at radius 3 is 2.44 bits per heavy atom. The van der Waals surface area contributed by atoms with Crippen LogP contribution in [0.2, 0.25) is 0 Å². The SMILES string of the molecule is CCNC(=O)CC(=O)[O-]. The lowest BCUT2D eigenvalue weighted by Crippen LogP contribution is -2.32. The van der Waals surface area contributed by atoms with Crippen LogP contribution in [0, 0.1) is 0 Å². The minimum Gasteiger partial charge on any atom is -0.550 e. The third-order valence-electron chi connectivity index (χ3n) is 0.679. The van der Waals surface area contributed by atoms with Gasteiger partial charge in [0.15, 0.2) is 0 Å². The number of hydrogen-bond donors (Lipinski definition) is 1. The van der Waals surface area contributed by atoms with Gasteiger partial charge in [-0.25, -0.2) is 0 Å². The van der Waals surface area contributed by atoms with Crippen molar-refractivity contribution in [3.63, 3.8) is 0 Å². The molecule has 0 atom stereocenters. The number of aliphatic carboxylic acids is 1. The molecule has 0 saturated heterocycles. The molecule has 0 heterocycles. The number of carbonyl (C=O) groups is 2. The molecule has 0 saturated carbocycles. The molecule has 0 aliphatic carbocycles. The van der Waals surface area contributed by atoms with Crippen LogP contribution in [0.15, 0.2) is 0 Å². The van der Waals surface area contributed by atoms with E-state index in [2.05, 4.69) is 5.32 Å². The molecule has 0 aromatic heterocycles. The van der Waals surface area contributed by atoms with E-state index in [1.165, 1.54) is 0 Å². The Balaban J connectivity index is 3.39. The Kier molecular flexibility index (Phi) is 3.43. The molecule has 0 rings (SSSR count). The Labute approximate surface area is 52.9 Å². The van der Waals surface area contributed by atoms with Gasteiger partial charge in [-0.1, -0.05) is 0 Å². The fourth-order valence-electron chi connectivity index (χ4n) is 0.391. The summed E-state index contributed by atoms with van der Waals surface area (Å²) in [6, 6.07) is 0. The van der Waals surface area contributed by atoms with E-state index in [1.54, 1.807) is 6.92 Å². The van der Waals surface area contributed by atoms with E-state index in [1.807, 2.05) is 0 Å². The van der Waals surface area contributed by atoms with Crippen molar-refractivity contribution in [2.45, 2.75) is 13.3 Å². The molecule has 1 amide bonds. The maximum absolute atomic E-state index is 10.3. The molecule has 4 nitrogen and oxygen atoms in total. The van der Waals surface area contributed by atoms with Crippen LogP contribution in [0.4, 0.5) is 0 Å². The highest BCUT2D eigenvalue weighted by atomic mass is 16.4. The predicted octanol–water partition coefficient (Wildman–Crippen LogP) is -1.74. The molecule has 0 radical (unpaired) electrons. The number of rotatable bonds is 3. The average molecular weight is 130 g/mol. The molecule has 0 spiro atoms. The Morgan fingerprint density at radius 1 is 1.56 bits per heavy atom. The van der Waals surface area contributed by atoms with E-state index in [0.717, 1.165) is 0 Å². The zero-order valence-corrected chi connectivity index (χ0v) is 5.14. The van der Waals surface area contributed by atoms with E-state index in [9.17, 15) is 14.7 Å². The standard InChI is InChI=1S/C5H9NO3/c1-2-6-4(7)3-5(8)9/h2-3H2,1H3,(H,6,7)(H,8,9)/p-1. The van der Waals surface area contributed by atoms with E-state index in [-0.39, 0.29) is 0 Å². The second kappa shape index (κ2) is 3.88. The van der Waals surface area contributed by atoms with Crippen molar-refractivity contribution in [1.29, 1.82) is 0 Å². The van der Waals surface area contributed by atoms with Gasteiger partial charge in [-0.2, -0.15) is 0 Å². The topological polar surface area (TPSA) is 69.2 Å². The summed E-state index contributed by atoms with van der Waals surface area (Å²) < 4.78 is 0. The first-order valence-corrected chi connectivity index (χ1v) is 2.63. The molecule has 1 N–H and O–H groups in total. The molecule has 0 bridgehead atoms. The minimum absolute atomic E-state index is 0.451. The average Bonchev–Trinajstić information content (AvgIpc) is 1.63. The van der Waals surface area contributed by atoms with E-state index >= 15 is 0 Å². The second-order valence-corrected chi connectivity index (χ2v) is 1.50. The maximum atomic E-state index is 10.3. The smallest absolute Gasteiger partial charge is 0.225 e. The first-order chi connectivity index (χ1) is 4.16. The summed E-state index contributed by atoms with van der Waals surface area (Å²) in [5.74, 6) is -1.85. The number of hydrogen-bond acceptors (Lipinski definition) is 3. The van der Waals surface area contributed by atoms with Gasteiger partial charge in [-0.3, -0.25) is 4.79 Å². The zero-order valence-electron chi connectivity index (χ0n) is 5.14. The number of amides is 1. The van der Waals surface area contributed by atoms with Gasteiger partial charge in [0, 0.05) is 6.54 Å². The molecule has 0 aromatic rings. The third kappa shape index (κ3) is 4.80. The molecule has 0 unspecified atom stereocenters. The normalized spacial score (nSPS) is 8.56. The van der Waals surface area contributed by atoms with Crippen molar-refractivity contribution in [2.24, 2.45) is 0 Å². The molecule has 52 valence electrons. The van der Waals surface area contributed by atoms with Gasteiger partial charge in [-0.15, -0.1) is 0 Å². The lowest BCUT2D eigenvalue weighted by Gasteiger charge is -2.00. The van der Waals surface area contributed by atoms with Crippen LogP contribution in [0.25, 0.3) is 0 Å². The van der Waals surface area contributed by atoms with Crippen LogP contribution < -0.4 is 10.4 Å². The first-order valence-electron chi connectivity index (χ1n) is 2.63. The van der Waals surface area contributed by atoms with Crippen molar-refractivity contribution >= 4 is 11.9 Å². The predicted molar refractivity (Wildman–Crippen MR) is 28.3 cm³/mol. The summed E-state index contributed by atoms with van der Waals surface area (Å²) in [6.45, 7) is 2.17. The summed E-state index contributed by atoms with van der Waals surface area (Å²) >= 11 is 0. The van der Waals surface area contributed by atoms with E-state index in [4.69, 9.17) is 0 Å². The van der Waals surface area contributed by atoms with Gasteiger partial charge in [0.05, 0.1) is 12.4 Å². The van der Waals surface area contributed by atoms with Crippen LogP contribution >= 0.6 is 0 Å². The number of carboxylic acids is 1. The van der Waals surface area contributed by atoms with Crippen LogP contribution in [-0.2, 0) is 9.59 Å². The van der Waals surface area contributed by atoms with Crippen LogP contribution in [-0.4, -0.2) is 18.4 Å². The molecule has 0 aliphatic heterocycles. The lowest BCUT2D eigenvalue weighted by atomic mass is 10.4. The molecular formula is C5H8NO3-. The second-order valence-electron chi connectivity index (χ2n) is 1.50. The largest absolute Gasteiger partial charge is 0.550 e. The third-order valence-corrected chi connectivity index (χ3v) is 0.679. The fraction of sp³-hybridized carbons (Fsp3) is 0.600. The minimum atomic E-state index is -1.35. The molecular weight excluding hydrogens is 122 g/mol. The Hall–Kier alpha value is -1.06. The number of carbonyl (C=O) groups excluding carboxylic acids is 2. The van der Waals surface area contributed by atoms with Crippen molar-refractivity contribution in [3.8, 4) is 0 Å². The van der Waals surface area contributed by atoms with Crippen LogP contribution in [0.3, 0.4) is 0 Å². The van der Waals surface area contributed by atoms with E-state index in [0.29, 0.717) is 6.54 Å². The highest BCUT2D eigenvalue weighted by Gasteiger charge is 1.96. The zero-order chi connectivity index (χ0) is 7.28. The number of carboxylic acid groups (broad SMARTS) is 1. The van der Waals surface area contributed by atoms with Crippen LogP contribution in [0.1, 0.15) is 13.3 Å². The van der Waals surface area contributed by atoms with E-state index < -0.39 is 18.3 Å². The molecule has 4 heteroatoms. The van der Waals surface area contributed by atoms with Crippen LogP contribution in [0.5, 0.6) is 0 Å². The first kappa shape index (κ1) is 7.94. The number of nitrogens with one attached hydrogen (secondary N) is 1. The van der Waals surface area contributed by atoms with Crippen molar-refractivity contribution in [3.05, 3.63) is 0 Å². The molecule has 0 aromatic carbocycles. The van der Waals surface area contributed by atoms with Crippen molar-refractivity contribution in [1.82, 2.24) is 5.32 Å². The lowest BCUT2D eigenvalue weighted by molar-refractivity contribution is -0.304. The van der Waals surface area contributed by atoms with Crippen molar-refractivity contribution in [2.75, 3.05) is 6.54 Å². The summed E-state index contributed by atoms with van der Waals surface area (Å²) in [7, 11) is 0. The van der Waals surface area contributed by atoms with Gasteiger partial charge in [0.25, 0.3) is 0 Å². The van der Waals surface area contributed by atoms with Gasteiger partial charge in [0.1, 0.15) is 0 Å². The maximum Gasteiger partial charge on any atom is 0.225 e. The summed E-state index contributed by atoms with van der Waals surface area (Å²) in [5.41, 5.74) is 0. The van der Waals surface area contributed by atoms with Crippen molar-refractivity contribution < 1.29 is 14.7 Å².